The topological polar surface area (TPSA) is 96.8 Å². The molecule has 0 aromatic carbocycles. The van der Waals surface area contributed by atoms with Crippen LogP contribution in [-0.4, -0.2) is 13.4 Å². The smallest absolute Gasteiger partial charge is 0.244 e. The monoisotopic (exact) mass is 267 g/mol. The summed E-state index contributed by atoms with van der Waals surface area (Å²) >= 11 is 5.44. The minimum Gasteiger partial charge on any atom is -0.244 e. The van der Waals surface area contributed by atoms with Gasteiger partial charge in [0.25, 0.3) is 6.43 Å². The third-order valence-corrected chi connectivity index (χ3v) is 3.11. The highest BCUT2D eigenvalue weighted by Crippen LogP contribution is 2.32. The van der Waals surface area contributed by atoms with E-state index in [0.29, 0.717) is 6.20 Å². The Morgan fingerprint density at radius 3 is 2.50 bits per heavy atom. The number of halogens is 3. The van der Waals surface area contributed by atoms with Crippen molar-refractivity contribution in [3.8, 4) is 6.07 Å². The molecule has 5 nitrogen and oxygen atoms in total. The normalized spacial score (nSPS) is 11.5. The van der Waals surface area contributed by atoms with Gasteiger partial charge in [-0.3, -0.25) is 0 Å². The number of hydrogen-bond acceptors (Lipinski definition) is 4. The number of alkyl halides is 2. The van der Waals surface area contributed by atoms with E-state index in [1.54, 1.807) is 0 Å². The molecule has 0 aliphatic rings. The molecule has 0 aliphatic heterocycles. The lowest BCUT2D eigenvalue weighted by atomic mass is 10.2. The summed E-state index contributed by atoms with van der Waals surface area (Å²) in [6.07, 6.45) is -2.37. The van der Waals surface area contributed by atoms with Crippen molar-refractivity contribution in [2.75, 3.05) is 0 Å². The molecule has 16 heavy (non-hydrogen) atoms. The van der Waals surface area contributed by atoms with E-state index >= 15 is 0 Å². The first-order valence-corrected chi connectivity index (χ1v) is 5.61. The van der Waals surface area contributed by atoms with Gasteiger partial charge in [0.15, 0.2) is 5.69 Å². The van der Waals surface area contributed by atoms with Crippen LogP contribution in [0.3, 0.4) is 0 Å². The molecule has 0 saturated heterocycles. The quantitative estimate of drug-likeness (QED) is 0.870. The maximum Gasteiger partial charge on any atom is 0.266 e. The molecule has 0 fully saturated rings. The molecule has 0 aliphatic carbocycles. The fraction of sp³-hybridized carbons (Fsp3) is 0.143. The molecule has 0 spiro atoms. The number of nitriles is 1. The van der Waals surface area contributed by atoms with Crippen LogP contribution in [0.4, 0.5) is 8.78 Å². The van der Waals surface area contributed by atoms with Crippen LogP contribution in [-0.2, 0) is 10.0 Å². The number of primary sulfonamides is 1. The summed E-state index contributed by atoms with van der Waals surface area (Å²) in [4.78, 5) is 2.38. The van der Waals surface area contributed by atoms with Gasteiger partial charge in [-0.25, -0.2) is 27.3 Å². The van der Waals surface area contributed by atoms with E-state index in [2.05, 4.69) is 4.98 Å². The van der Waals surface area contributed by atoms with Crippen molar-refractivity contribution in [1.29, 1.82) is 5.26 Å². The third-order valence-electron chi connectivity index (χ3n) is 1.63. The van der Waals surface area contributed by atoms with Crippen LogP contribution in [0.2, 0.25) is 5.02 Å². The van der Waals surface area contributed by atoms with Crippen LogP contribution in [0, 0.1) is 11.3 Å². The van der Waals surface area contributed by atoms with Gasteiger partial charge in [-0.1, -0.05) is 11.6 Å². The SMILES string of the molecule is N#Cc1ncc(C(F)F)c(Cl)c1S(N)(=O)=O. The van der Waals surface area contributed by atoms with Crippen LogP contribution < -0.4 is 5.14 Å². The zero-order valence-electron chi connectivity index (χ0n) is 7.49. The Labute approximate surface area is 94.5 Å². The summed E-state index contributed by atoms with van der Waals surface area (Å²) in [7, 11) is -4.38. The largest absolute Gasteiger partial charge is 0.266 e. The lowest BCUT2D eigenvalue weighted by Crippen LogP contribution is -2.16. The molecule has 0 saturated carbocycles. The van der Waals surface area contributed by atoms with Gasteiger partial charge in [0, 0.05) is 6.20 Å². The first-order valence-electron chi connectivity index (χ1n) is 3.68. The Hall–Kier alpha value is -1.30. The summed E-state index contributed by atoms with van der Waals surface area (Å²) in [5, 5.41) is 12.5. The Balaban J connectivity index is 3.69. The van der Waals surface area contributed by atoms with E-state index in [1.165, 1.54) is 6.07 Å². The molecule has 0 unspecified atom stereocenters. The van der Waals surface area contributed by atoms with Gasteiger partial charge >= 0.3 is 0 Å². The van der Waals surface area contributed by atoms with E-state index < -0.39 is 37.6 Å². The van der Waals surface area contributed by atoms with Gasteiger partial charge in [0.1, 0.15) is 11.0 Å². The van der Waals surface area contributed by atoms with Crippen LogP contribution >= 0.6 is 11.6 Å². The number of hydrogen-bond donors (Lipinski definition) is 1. The van der Waals surface area contributed by atoms with E-state index in [0.717, 1.165) is 0 Å². The van der Waals surface area contributed by atoms with Crippen LogP contribution in [0.1, 0.15) is 17.7 Å². The van der Waals surface area contributed by atoms with Gasteiger partial charge in [0.05, 0.1) is 10.6 Å². The lowest BCUT2D eigenvalue weighted by molar-refractivity contribution is 0.151. The molecule has 0 radical (unpaired) electrons. The molecule has 1 aromatic heterocycles. The Morgan fingerprint density at radius 2 is 2.12 bits per heavy atom. The zero-order valence-corrected chi connectivity index (χ0v) is 9.06. The number of aromatic nitrogens is 1. The predicted molar refractivity (Wildman–Crippen MR) is 50.3 cm³/mol. The van der Waals surface area contributed by atoms with Crippen molar-refractivity contribution >= 4 is 21.6 Å². The number of rotatable bonds is 2. The number of nitrogens with two attached hydrogens (primary N) is 1. The average Bonchev–Trinajstić information content (AvgIpc) is 2.14. The highest BCUT2D eigenvalue weighted by molar-refractivity contribution is 7.89. The zero-order chi connectivity index (χ0) is 12.5. The second-order valence-corrected chi connectivity index (χ2v) is 4.54. The molecule has 1 heterocycles. The fourth-order valence-corrected chi connectivity index (χ4v) is 2.25. The van der Waals surface area contributed by atoms with Gasteiger partial charge in [-0.05, 0) is 0 Å². The minimum absolute atomic E-state index is 0.614. The maximum atomic E-state index is 12.4. The van der Waals surface area contributed by atoms with Crippen LogP contribution in [0.5, 0.6) is 0 Å². The van der Waals surface area contributed by atoms with Crippen molar-refractivity contribution in [3.05, 3.63) is 22.5 Å². The standard InChI is InChI=1S/C7H4ClF2N3O2S/c8-5-3(7(9)10)2-13-4(1-11)6(5)16(12,14)15/h2,7H,(H2,12,14,15). The average molecular weight is 268 g/mol. The van der Waals surface area contributed by atoms with Crippen LogP contribution in [0.25, 0.3) is 0 Å². The number of pyridine rings is 1. The molecule has 0 atom stereocenters. The van der Waals surface area contributed by atoms with E-state index in [9.17, 15) is 17.2 Å². The molecular weight excluding hydrogens is 264 g/mol. The van der Waals surface area contributed by atoms with Gasteiger partial charge in [0.2, 0.25) is 10.0 Å². The Morgan fingerprint density at radius 1 is 1.56 bits per heavy atom. The fourth-order valence-electron chi connectivity index (χ4n) is 0.976. The van der Waals surface area contributed by atoms with Crippen molar-refractivity contribution < 1.29 is 17.2 Å². The molecule has 2 N–H and O–H groups in total. The van der Waals surface area contributed by atoms with Crippen molar-refractivity contribution in [1.82, 2.24) is 4.98 Å². The Bertz CT molecular complexity index is 568. The van der Waals surface area contributed by atoms with Crippen molar-refractivity contribution in [3.63, 3.8) is 0 Å². The second kappa shape index (κ2) is 4.29. The van der Waals surface area contributed by atoms with Gasteiger partial charge in [-0.2, -0.15) is 5.26 Å². The molecule has 86 valence electrons. The third kappa shape index (κ3) is 2.27. The summed E-state index contributed by atoms with van der Waals surface area (Å²) in [6.45, 7) is 0. The van der Waals surface area contributed by atoms with E-state index in [-0.39, 0.29) is 0 Å². The van der Waals surface area contributed by atoms with Gasteiger partial charge < -0.3 is 0 Å². The summed E-state index contributed by atoms with van der Waals surface area (Å²) in [5.74, 6) is 0. The molecular formula is C7H4ClF2N3O2S. The summed E-state index contributed by atoms with van der Waals surface area (Å²) in [5.41, 5.74) is -1.40. The van der Waals surface area contributed by atoms with E-state index in [1.807, 2.05) is 0 Å². The molecule has 9 heteroatoms. The van der Waals surface area contributed by atoms with E-state index in [4.69, 9.17) is 22.0 Å². The molecule has 0 amide bonds. The highest BCUT2D eigenvalue weighted by Gasteiger charge is 2.25. The highest BCUT2D eigenvalue weighted by atomic mass is 35.5. The first-order chi connectivity index (χ1) is 7.29. The summed E-state index contributed by atoms with van der Waals surface area (Å²) in [6, 6.07) is 1.41. The lowest BCUT2D eigenvalue weighted by Gasteiger charge is -2.07. The molecule has 1 aromatic rings. The minimum atomic E-state index is -4.38. The molecule has 0 bridgehead atoms. The second-order valence-electron chi connectivity index (χ2n) is 2.66. The van der Waals surface area contributed by atoms with Gasteiger partial charge in [-0.15, -0.1) is 0 Å². The molecule has 1 rings (SSSR count). The first kappa shape index (κ1) is 12.8. The van der Waals surface area contributed by atoms with Crippen molar-refractivity contribution in [2.45, 2.75) is 11.3 Å². The summed E-state index contributed by atoms with van der Waals surface area (Å²) < 4.78 is 46.9. The number of nitrogens with zero attached hydrogens (tertiary/aromatic N) is 2. The van der Waals surface area contributed by atoms with Crippen molar-refractivity contribution in [2.24, 2.45) is 5.14 Å². The number of sulfonamides is 1. The van der Waals surface area contributed by atoms with Crippen LogP contribution in [0.15, 0.2) is 11.1 Å². The maximum absolute atomic E-state index is 12.4. The predicted octanol–water partition coefficient (Wildman–Crippen LogP) is 1.19. The Kier molecular flexibility index (Phi) is 3.42.